The van der Waals surface area contributed by atoms with Crippen LogP contribution in [-0.2, 0) is 10.8 Å². The zero-order valence-electron chi connectivity index (χ0n) is 15.0. The second kappa shape index (κ2) is 6.20. The molecule has 1 heterocycles. The van der Waals surface area contributed by atoms with Crippen molar-refractivity contribution >= 4 is 23.3 Å². The molecule has 0 aromatic heterocycles. The van der Waals surface area contributed by atoms with E-state index in [1.807, 2.05) is 12.1 Å². The molecular weight excluding hydrogens is 324 g/mol. The predicted molar refractivity (Wildman–Crippen MR) is 98.5 cm³/mol. The predicted octanol–water partition coefficient (Wildman–Crippen LogP) is 3.56. The average molecular weight is 349 g/mol. The van der Waals surface area contributed by atoms with E-state index in [1.165, 1.54) is 16.8 Å². The maximum Gasteiger partial charge on any atom is 0.255 e. The first-order chi connectivity index (χ1) is 11.0. The van der Waals surface area contributed by atoms with E-state index in [4.69, 9.17) is 10.9 Å². The zero-order chi connectivity index (χ0) is 18.3. The van der Waals surface area contributed by atoms with Gasteiger partial charge in [0, 0.05) is 0 Å². The Bertz CT molecular complexity index is 652. The molecule has 1 radical (unpaired) electrons. The van der Waals surface area contributed by atoms with E-state index in [0.29, 0.717) is 5.75 Å². The molecule has 0 spiro atoms. The lowest BCUT2D eigenvalue weighted by atomic mass is 9.78. The van der Waals surface area contributed by atoms with Gasteiger partial charge in [-0.25, -0.2) is 5.01 Å². The molecule has 1 aromatic carbocycles. The first kappa shape index (κ1) is 18.4. The summed E-state index contributed by atoms with van der Waals surface area (Å²) in [5.74, 6) is 0.224. The van der Waals surface area contributed by atoms with Gasteiger partial charge in [0.05, 0.1) is 0 Å². The fraction of sp³-hybridized carbons (Fsp3) is 0.529. The number of guanidine groups is 1. The largest absolute Gasteiger partial charge is 0.507 e. The summed E-state index contributed by atoms with van der Waals surface area (Å²) in [4.78, 5) is 0. The summed E-state index contributed by atoms with van der Waals surface area (Å²) in [6.07, 6.45) is 0. The average Bonchev–Trinajstić information content (AvgIpc) is 2.93. The topological polar surface area (TPSA) is 94.4 Å². The van der Waals surface area contributed by atoms with Gasteiger partial charge in [0.2, 0.25) is 0 Å². The van der Waals surface area contributed by atoms with Gasteiger partial charge in [0.1, 0.15) is 11.1 Å². The van der Waals surface area contributed by atoms with Crippen LogP contribution >= 0.6 is 11.8 Å². The molecule has 2 rings (SSSR count). The van der Waals surface area contributed by atoms with E-state index in [2.05, 4.69) is 57.3 Å². The van der Waals surface area contributed by atoms with Crippen LogP contribution in [0.25, 0.3) is 0 Å². The number of phenolic OH excluding ortho intramolecular Hbond substituents is 1. The minimum atomic E-state index is -0.288. The SMILES string of the molecule is CC(C)(C)c1cc(C2S[C]=NN2C(N)=NO)cc(C(C)(C)C)c1O. The fourth-order valence-corrected chi connectivity index (χ4v) is 3.35. The third-order valence-corrected chi connectivity index (χ3v) is 4.79. The first-order valence-corrected chi connectivity index (χ1v) is 8.60. The Balaban J connectivity index is 2.63. The van der Waals surface area contributed by atoms with Gasteiger partial charge in [0.15, 0.2) is 5.55 Å². The second-order valence-corrected chi connectivity index (χ2v) is 8.79. The molecule has 1 unspecified atom stereocenters. The normalized spacial score (nSPS) is 19.2. The third-order valence-electron chi connectivity index (χ3n) is 3.91. The minimum absolute atomic E-state index is 0.0970. The highest BCUT2D eigenvalue weighted by atomic mass is 32.2. The summed E-state index contributed by atoms with van der Waals surface area (Å²) < 4.78 is 0. The zero-order valence-corrected chi connectivity index (χ0v) is 15.8. The van der Waals surface area contributed by atoms with Crippen molar-refractivity contribution < 1.29 is 10.3 Å². The Kier molecular flexibility index (Phi) is 4.77. The van der Waals surface area contributed by atoms with Gasteiger partial charge >= 0.3 is 0 Å². The maximum absolute atomic E-state index is 10.8. The van der Waals surface area contributed by atoms with Gasteiger partial charge < -0.3 is 16.0 Å². The highest BCUT2D eigenvalue weighted by Crippen LogP contribution is 2.44. The van der Waals surface area contributed by atoms with Crippen LogP contribution in [0, 0.1) is 0 Å². The molecule has 1 aromatic rings. The molecule has 1 aliphatic heterocycles. The molecular formula is C17H25N4O2S. The Morgan fingerprint density at radius 3 is 2.12 bits per heavy atom. The van der Waals surface area contributed by atoms with Crippen molar-refractivity contribution in [2.75, 3.05) is 0 Å². The smallest absolute Gasteiger partial charge is 0.255 e. The van der Waals surface area contributed by atoms with Crippen LogP contribution in [0.2, 0.25) is 0 Å². The first-order valence-electron chi connectivity index (χ1n) is 7.72. The molecule has 4 N–H and O–H groups in total. The van der Waals surface area contributed by atoms with Gasteiger partial charge in [-0.05, 0) is 44.8 Å². The third kappa shape index (κ3) is 3.45. The molecule has 1 atom stereocenters. The lowest BCUT2D eigenvalue weighted by Crippen LogP contribution is -2.33. The highest BCUT2D eigenvalue weighted by molar-refractivity contribution is 8.12. The number of phenols is 1. The van der Waals surface area contributed by atoms with Crippen LogP contribution in [0.4, 0.5) is 0 Å². The number of oxime groups is 1. The van der Waals surface area contributed by atoms with Crippen LogP contribution in [0.5, 0.6) is 5.75 Å². The Morgan fingerprint density at radius 1 is 1.21 bits per heavy atom. The van der Waals surface area contributed by atoms with Crippen molar-refractivity contribution in [2.45, 2.75) is 57.7 Å². The Hall–Kier alpha value is -1.89. The number of benzene rings is 1. The Morgan fingerprint density at radius 2 is 1.71 bits per heavy atom. The van der Waals surface area contributed by atoms with Crippen molar-refractivity contribution in [3.63, 3.8) is 0 Å². The van der Waals surface area contributed by atoms with Crippen LogP contribution in [0.3, 0.4) is 0 Å². The van der Waals surface area contributed by atoms with E-state index in [0.717, 1.165) is 16.7 Å². The number of nitrogens with zero attached hydrogens (tertiary/aromatic N) is 3. The molecule has 0 saturated heterocycles. The van der Waals surface area contributed by atoms with Gasteiger partial charge in [-0.2, -0.15) is 5.10 Å². The lowest BCUT2D eigenvalue weighted by Gasteiger charge is -2.30. The number of hydrogen-bond donors (Lipinski definition) is 3. The molecule has 0 amide bonds. The maximum atomic E-state index is 10.8. The molecule has 0 fully saturated rings. The van der Waals surface area contributed by atoms with E-state index in [-0.39, 0.29) is 22.2 Å². The number of nitrogens with two attached hydrogens (primary N) is 1. The highest BCUT2D eigenvalue weighted by Gasteiger charge is 2.32. The summed E-state index contributed by atoms with van der Waals surface area (Å²) in [6, 6.07) is 3.92. The summed E-state index contributed by atoms with van der Waals surface area (Å²) in [5, 5.41) is 27.9. The quantitative estimate of drug-likeness (QED) is 0.312. The summed E-state index contributed by atoms with van der Waals surface area (Å²) in [7, 11) is 0. The van der Waals surface area contributed by atoms with Crippen molar-refractivity contribution in [3.05, 3.63) is 28.8 Å². The van der Waals surface area contributed by atoms with Crippen molar-refractivity contribution in [2.24, 2.45) is 16.0 Å². The number of thioether (sulfide) groups is 1. The molecule has 131 valence electrons. The van der Waals surface area contributed by atoms with Gasteiger partial charge in [-0.3, -0.25) is 0 Å². The molecule has 24 heavy (non-hydrogen) atoms. The van der Waals surface area contributed by atoms with E-state index in [1.54, 1.807) is 0 Å². The summed E-state index contributed by atoms with van der Waals surface area (Å²) in [5.41, 5.74) is 10.7. The number of hydrogen-bond acceptors (Lipinski definition) is 5. The summed E-state index contributed by atoms with van der Waals surface area (Å²) >= 11 is 1.35. The van der Waals surface area contributed by atoms with Crippen molar-refractivity contribution in [1.29, 1.82) is 0 Å². The number of rotatable bonds is 1. The fourth-order valence-electron chi connectivity index (χ4n) is 2.59. The minimum Gasteiger partial charge on any atom is -0.507 e. The van der Waals surface area contributed by atoms with E-state index >= 15 is 0 Å². The molecule has 6 nitrogen and oxygen atoms in total. The van der Waals surface area contributed by atoms with E-state index < -0.39 is 0 Å². The molecule has 0 aliphatic carbocycles. The van der Waals surface area contributed by atoms with Gasteiger partial charge in [0.25, 0.3) is 5.96 Å². The van der Waals surface area contributed by atoms with Gasteiger partial charge in [-0.15, -0.1) is 0 Å². The van der Waals surface area contributed by atoms with E-state index in [9.17, 15) is 5.11 Å². The molecule has 0 bridgehead atoms. The monoisotopic (exact) mass is 349 g/mol. The second-order valence-electron chi connectivity index (χ2n) is 7.93. The van der Waals surface area contributed by atoms with Crippen LogP contribution < -0.4 is 5.73 Å². The summed E-state index contributed by atoms with van der Waals surface area (Å²) in [6.45, 7) is 12.4. The molecule has 0 saturated carbocycles. The van der Waals surface area contributed by atoms with Crippen molar-refractivity contribution in [3.8, 4) is 5.75 Å². The van der Waals surface area contributed by atoms with Crippen LogP contribution in [0.15, 0.2) is 22.4 Å². The van der Waals surface area contributed by atoms with Crippen molar-refractivity contribution in [1.82, 2.24) is 5.01 Å². The van der Waals surface area contributed by atoms with Gasteiger partial charge in [-0.1, -0.05) is 53.3 Å². The number of hydrazone groups is 1. The van der Waals surface area contributed by atoms with Crippen LogP contribution in [0.1, 0.15) is 63.6 Å². The standard InChI is InChI=1S/C17H25N4O2S/c1-16(2,3)11-7-10(8-12(13(11)22)17(4,5)6)14-21(15(18)20-23)19-9-24-14/h7-8,14,22-23H,1-6H3,(H2,18,20). The molecule has 1 aliphatic rings. The Labute approximate surface area is 147 Å². The molecule has 7 heteroatoms. The number of aromatic hydroxyl groups is 1. The van der Waals surface area contributed by atoms with Crippen LogP contribution in [-0.4, -0.2) is 26.8 Å². The lowest BCUT2D eigenvalue weighted by molar-refractivity contribution is 0.298.